The summed E-state index contributed by atoms with van der Waals surface area (Å²) in [5.74, 6) is -0.478. The summed E-state index contributed by atoms with van der Waals surface area (Å²) in [6.45, 7) is 3.67. The molecule has 2 N–H and O–H groups in total. The average Bonchev–Trinajstić information content (AvgIpc) is 2.29. The van der Waals surface area contributed by atoms with Crippen molar-refractivity contribution < 1.29 is 9.59 Å². The van der Waals surface area contributed by atoms with Crippen molar-refractivity contribution in [3.63, 3.8) is 0 Å². The summed E-state index contributed by atoms with van der Waals surface area (Å²) in [6.07, 6.45) is 0.116. The van der Waals surface area contributed by atoms with Crippen LogP contribution < -0.4 is 10.6 Å². The molecule has 0 aliphatic carbocycles. The fourth-order valence-electron chi connectivity index (χ4n) is 1.45. The Morgan fingerprint density at radius 2 is 1.89 bits per heavy atom. The molecule has 0 aliphatic rings. The van der Waals surface area contributed by atoms with E-state index in [9.17, 15) is 9.59 Å². The van der Waals surface area contributed by atoms with E-state index >= 15 is 0 Å². The average molecular weight is 303 g/mol. The van der Waals surface area contributed by atoms with Crippen LogP contribution in [-0.4, -0.2) is 24.4 Å². The van der Waals surface area contributed by atoms with Gasteiger partial charge in [-0.2, -0.15) is 0 Å². The van der Waals surface area contributed by atoms with Gasteiger partial charge in [0.15, 0.2) is 0 Å². The molecule has 0 spiro atoms. The first kappa shape index (κ1) is 15.8. The highest BCUT2D eigenvalue weighted by atomic mass is 35.5. The maximum atomic E-state index is 11.7. The van der Waals surface area contributed by atoms with E-state index in [1.165, 1.54) is 0 Å². The SMILES string of the molecule is CC(C)NC(=O)CNC(=O)Cc1ccc(Cl)cc1Cl. The first-order valence-electron chi connectivity index (χ1n) is 5.88. The predicted molar refractivity (Wildman–Crippen MR) is 76.5 cm³/mol. The molecule has 0 unspecified atom stereocenters. The van der Waals surface area contributed by atoms with Gasteiger partial charge in [0.2, 0.25) is 11.8 Å². The minimum atomic E-state index is -0.261. The van der Waals surface area contributed by atoms with Crippen LogP contribution >= 0.6 is 23.2 Å². The molecule has 0 saturated carbocycles. The molecule has 4 nitrogen and oxygen atoms in total. The van der Waals surface area contributed by atoms with Gasteiger partial charge >= 0.3 is 0 Å². The molecule has 0 aliphatic heterocycles. The number of nitrogens with one attached hydrogen (secondary N) is 2. The monoisotopic (exact) mass is 302 g/mol. The largest absolute Gasteiger partial charge is 0.352 e. The van der Waals surface area contributed by atoms with Gasteiger partial charge in [-0.15, -0.1) is 0 Å². The number of amides is 2. The van der Waals surface area contributed by atoms with Crippen molar-refractivity contribution in [3.8, 4) is 0 Å². The second-order valence-electron chi connectivity index (χ2n) is 4.41. The minimum absolute atomic E-state index is 0.0395. The van der Waals surface area contributed by atoms with Crippen LogP contribution in [0.15, 0.2) is 18.2 Å². The van der Waals surface area contributed by atoms with Crippen molar-refractivity contribution in [2.45, 2.75) is 26.3 Å². The molecule has 104 valence electrons. The zero-order chi connectivity index (χ0) is 14.4. The Morgan fingerprint density at radius 3 is 2.47 bits per heavy atom. The molecule has 0 saturated heterocycles. The number of halogens is 2. The Labute approximate surface area is 122 Å². The first-order valence-corrected chi connectivity index (χ1v) is 6.64. The summed E-state index contributed by atoms with van der Waals surface area (Å²) in [7, 11) is 0. The minimum Gasteiger partial charge on any atom is -0.352 e. The molecule has 19 heavy (non-hydrogen) atoms. The van der Waals surface area contributed by atoms with Crippen LogP contribution in [0.25, 0.3) is 0 Å². The molecule has 0 heterocycles. The lowest BCUT2D eigenvalue weighted by molar-refractivity contribution is -0.126. The number of carbonyl (C=O) groups excluding carboxylic acids is 2. The molecule has 0 bridgehead atoms. The summed E-state index contributed by atoms with van der Waals surface area (Å²) in [4.78, 5) is 23.0. The third-order valence-electron chi connectivity index (χ3n) is 2.26. The van der Waals surface area contributed by atoms with Gasteiger partial charge in [0, 0.05) is 16.1 Å². The Morgan fingerprint density at radius 1 is 1.21 bits per heavy atom. The maximum Gasteiger partial charge on any atom is 0.239 e. The third-order valence-corrected chi connectivity index (χ3v) is 2.85. The normalized spacial score (nSPS) is 10.4. The summed E-state index contributed by atoms with van der Waals surface area (Å²) < 4.78 is 0. The standard InChI is InChI=1S/C13H16Cl2N2O2/c1-8(2)17-13(19)7-16-12(18)5-9-3-4-10(14)6-11(9)15/h3-4,6,8H,5,7H2,1-2H3,(H,16,18)(H,17,19). The molecule has 6 heteroatoms. The molecule has 1 aromatic rings. The first-order chi connectivity index (χ1) is 8.88. The molecule has 1 aromatic carbocycles. The fourth-order valence-corrected chi connectivity index (χ4v) is 1.93. The van der Waals surface area contributed by atoms with Crippen molar-refractivity contribution in [1.82, 2.24) is 10.6 Å². The van der Waals surface area contributed by atoms with Crippen LogP contribution in [0.3, 0.4) is 0 Å². The Hall–Kier alpha value is -1.26. The third kappa shape index (κ3) is 5.94. The van der Waals surface area contributed by atoms with Crippen LogP contribution in [0, 0.1) is 0 Å². The number of carbonyl (C=O) groups is 2. The zero-order valence-corrected chi connectivity index (χ0v) is 12.3. The van der Waals surface area contributed by atoms with E-state index in [0.717, 1.165) is 0 Å². The number of rotatable bonds is 5. The lowest BCUT2D eigenvalue weighted by Gasteiger charge is -2.09. The predicted octanol–water partition coefficient (Wildman–Crippen LogP) is 2.18. The van der Waals surface area contributed by atoms with Crippen molar-refractivity contribution in [3.05, 3.63) is 33.8 Å². The van der Waals surface area contributed by atoms with E-state index in [0.29, 0.717) is 15.6 Å². The van der Waals surface area contributed by atoms with E-state index in [1.807, 2.05) is 13.8 Å². The van der Waals surface area contributed by atoms with E-state index in [-0.39, 0.29) is 30.8 Å². The van der Waals surface area contributed by atoms with Gasteiger partial charge in [0.25, 0.3) is 0 Å². The van der Waals surface area contributed by atoms with E-state index in [1.54, 1.807) is 18.2 Å². The van der Waals surface area contributed by atoms with Crippen LogP contribution in [0.5, 0.6) is 0 Å². The van der Waals surface area contributed by atoms with E-state index in [2.05, 4.69) is 10.6 Å². The second-order valence-corrected chi connectivity index (χ2v) is 5.26. The molecular weight excluding hydrogens is 287 g/mol. The molecule has 0 atom stereocenters. The topological polar surface area (TPSA) is 58.2 Å². The van der Waals surface area contributed by atoms with Crippen molar-refractivity contribution in [2.24, 2.45) is 0 Å². The van der Waals surface area contributed by atoms with Crippen LogP contribution in [0.4, 0.5) is 0 Å². The second kappa shape index (κ2) is 7.36. The fraction of sp³-hybridized carbons (Fsp3) is 0.385. The van der Waals surface area contributed by atoms with Crippen molar-refractivity contribution in [2.75, 3.05) is 6.54 Å². The van der Waals surface area contributed by atoms with E-state index in [4.69, 9.17) is 23.2 Å². The molecule has 2 amide bonds. The van der Waals surface area contributed by atoms with Crippen LogP contribution in [-0.2, 0) is 16.0 Å². The van der Waals surface area contributed by atoms with Crippen LogP contribution in [0.2, 0.25) is 10.0 Å². The molecular formula is C13H16Cl2N2O2. The molecule has 0 fully saturated rings. The quantitative estimate of drug-likeness (QED) is 0.876. The van der Waals surface area contributed by atoms with Gasteiger partial charge in [-0.05, 0) is 31.5 Å². The van der Waals surface area contributed by atoms with Crippen LogP contribution in [0.1, 0.15) is 19.4 Å². The van der Waals surface area contributed by atoms with Gasteiger partial charge in [0.1, 0.15) is 0 Å². The van der Waals surface area contributed by atoms with Crippen molar-refractivity contribution in [1.29, 1.82) is 0 Å². The molecule has 0 aromatic heterocycles. The van der Waals surface area contributed by atoms with E-state index < -0.39 is 0 Å². The van der Waals surface area contributed by atoms with Gasteiger partial charge in [-0.25, -0.2) is 0 Å². The highest BCUT2D eigenvalue weighted by Crippen LogP contribution is 2.21. The zero-order valence-electron chi connectivity index (χ0n) is 10.8. The number of hydrogen-bond acceptors (Lipinski definition) is 2. The lowest BCUT2D eigenvalue weighted by Crippen LogP contribution is -2.40. The van der Waals surface area contributed by atoms with Crippen molar-refractivity contribution >= 4 is 35.0 Å². The smallest absolute Gasteiger partial charge is 0.239 e. The highest BCUT2D eigenvalue weighted by Gasteiger charge is 2.09. The molecule has 0 radical (unpaired) electrons. The van der Waals surface area contributed by atoms with Gasteiger partial charge in [-0.1, -0.05) is 29.3 Å². The Kier molecular flexibility index (Phi) is 6.12. The molecule has 1 rings (SSSR count). The summed E-state index contributed by atoms with van der Waals surface area (Å²) in [5.41, 5.74) is 0.674. The number of hydrogen-bond donors (Lipinski definition) is 2. The van der Waals surface area contributed by atoms with Gasteiger partial charge < -0.3 is 10.6 Å². The summed E-state index contributed by atoms with van der Waals surface area (Å²) in [5, 5.41) is 6.18. The summed E-state index contributed by atoms with van der Waals surface area (Å²) >= 11 is 11.7. The number of benzene rings is 1. The highest BCUT2D eigenvalue weighted by molar-refractivity contribution is 6.35. The maximum absolute atomic E-state index is 11.7. The van der Waals surface area contributed by atoms with Gasteiger partial charge in [-0.3, -0.25) is 9.59 Å². The Bertz CT molecular complexity index is 476. The van der Waals surface area contributed by atoms with Gasteiger partial charge in [0.05, 0.1) is 13.0 Å². The lowest BCUT2D eigenvalue weighted by atomic mass is 10.1. The Balaban J connectivity index is 2.45. The summed E-state index contributed by atoms with van der Waals surface area (Å²) in [6, 6.07) is 4.99.